The summed E-state index contributed by atoms with van der Waals surface area (Å²) in [5.74, 6) is -0.916. The minimum absolute atomic E-state index is 0.00247. The van der Waals surface area contributed by atoms with E-state index in [1.807, 2.05) is 6.08 Å². The predicted octanol–water partition coefficient (Wildman–Crippen LogP) is 4.31. The van der Waals surface area contributed by atoms with Crippen LogP contribution in [-0.2, 0) is 15.0 Å². The van der Waals surface area contributed by atoms with Crippen molar-refractivity contribution in [2.45, 2.75) is 18.4 Å². The normalized spacial score (nSPS) is 21.0. The van der Waals surface area contributed by atoms with Gasteiger partial charge in [-0.25, -0.2) is 15.0 Å². The fraction of sp³-hybridized carbons (Fsp3) is 0.240. The molecule has 3 aromatic rings. The number of pyridine rings is 2. The molecule has 1 atom stereocenters. The molecule has 3 aliphatic rings. The lowest BCUT2D eigenvalue weighted by Crippen LogP contribution is -2.39. The van der Waals surface area contributed by atoms with Crippen molar-refractivity contribution in [1.82, 2.24) is 9.97 Å². The highest BCUT2D eigenvalue weighted by atomic mass is 19.1. The molecular weight excluding hydrogens is 442 g/mol. The van der Waals surface area contributed by atoms with Gasteiger partial charge in [-0.15, -0.1) is 0 Å². The van der Waals surface area contributed by atoms with E-state index in [1.54, 1.807) is 36.4 Å². The Bertz CT molecular complexity index is 1370. The molecule has 0 saturated heterocycles. The molecule has 2 N–H and O–H groups in total. The smallest absolute Gasteiger partial charge is 0.283 e. The van der Waals surface area contributed by atoms with Gasteiger partial charge >= 0.3 is 0 Å². The van der Waals surface area contributed by atoms with Crippen molar-refractivity contribution in [3.63, 3.8) is 0 Å². The molecule has 172 valence electrons. The minimum Gasteiger partial charge on any atom is -0.465 e. The maximum atomic E-state index is 15.3. The van der Waals surface area contributed by atoms with Gasteiger partial charge in [-0.05, 0) is 47.9 Å². The molecule has 0 fully saturated rings. The molecule has 9 heteroatoms. The molecule has 2 aromatic heterocycles. The first-order valence-electron chi connectivity index (χ1n) is 10.9. The average Bonchev–Trinajstić information content (AvgIpc) is 2.86. The molecule has 5 heterocycles. The summed E-state index contributed by atoms with van der Waals surface area (Å²) in [5, 5.41) is 0. The molecule has 0 saturated carbocycles. The Labute approximate surface area is 193 Å². The van der Waals surface area contributed by atoms with Crippen molar-refractivity contribution >= 4 is 11.6 Å². The number of amidine groups is 1. The van der Waals surface area contributed by atoms with Crippen LogP contribution in [0.2, 0.25) is 0 Å². The van der Waals surface area contributed by atoms with Gasteiger partial charge in [-0.2, -0.15) is 8.78 Å². The SMILES string of the molecule is NC1=N[C@@]2(CCO1)c1cc(-c3cccnc3F)ccc1Oc1c2cc(C2=CCOCC2)nc1F. The van der Waals surface area contributed by atoms with Gasteiger partial charge in [0.05, 0.1) is 25.5 Å². The van der Waals surface area contributed by atoms with Gasteiger partial charge in [-0.3, -0.25) is 0 Å². The quantitative estimate of drug-likeness (QED) is 0.571. The van der Waals surface area contributed by atoms with E-state index in [2.05, 4.69) is 15.0 Å². The molecule has 6 rings (SSSR count). The van der Waals surface area contributed by atoms with Crippen LogP contribution >= 0.6 is 0 Å². The summed E-state index contributed by atoms with van der Waals surface area (Å²) in [6.07, 6.45) is 4.30. The monoisotopic (exact) mass is 462 g/mol. The van der Waals surface area contributed by atoms with E-state index in [-0.39, 0.29) is 18.4 Å². The van der Waals surface area contributed by atoms with E-state index in [1.165, 1.54) is 6.20 Å². The standard InChI is InChI=1S/C25H20F2N4O3/c26-22-16(2-1-8-29-22)15-3-4-20-17(12-15)25(7-11-33-24(28)31-25)18-13-19(14-5-9-32-10-6-14)30-23(27)21(18)34-20/h1-5,8,12-13H,6-7,9-11H2,(H2,28,31)/t25-/m0/s1. The van der Waals surface area contributed by atoms with Crippen LogP contribution in [0.25, 0.3) is 16.7 Å². The van der Waals surface area contributed by atoms with E-state index in [9.17, 15) is 4.39 Å². The van der Waals surface area contributed by atoms with E-state index >= 15 is 4.39 Å². The fourth-order valence-electron chi connectivity index (χ4n) is 4.77. The third kappa shape index (κ3) is 3.23. The molecule has 1 aromatic carbocycles. The van der Waals surface area contributed by atoms with Crippen LogP contribution in [0.1, 0.15) is 29.7 Å². The molecule has 0 aliphatic carbocycles. The Balaban J connectivity index is 1.59. The van der Waals surface area contributed by atoms with Crippen molar-refractivity contribution < 1.29 is 23.0 Å². The van der Waals surface area contributed by atoms with E-state index in [4.69, 9.17) is 19.9 Å². The third-order valence-electron chi connectivity index (χ3n) is 6.39. The average molecular weight is 462 g/mol. The largest absolute Gasteiger partial charge is 0.465 e. The number of hydrogen-bond donors (Lipinski definition) is 1. The zero-order valence-corrected chi connectivity index (χ0v) is 18.1. The molecule has 0 unspecified atom stereocenters. The number of hydrogen-bond acceptors (Lipinski definition) is 7. The Hall–Kier alpha value is -3.85. The van der Waals surface area contributed by atoms with Crippen molar-refractivity contribution in [2.75, 3.05) is 19.8 Å². The molecule has 7 nitrogen and oxygen atoms in total. The number of rotatable bonds is 2. The van der Waals surface area contributed by atoms with Crippen molar-refractivity contribution in [3.8, 4) is 22.6 Å². The summed E-state index contributed by atoms with van der Waals surface area (Å²) < 4.78 is 46.6. The van der Waals surface area contributed by atoms with Crippen LogP contribution in [0.4, 0.5) is 8.78 Å². The summed E-state index contributed by atoms with van der Waals surface area (Å²) in [7, 11) is 0. The first-order valence-corrected chi connectivity index (χ1v) is 10.9. The molecule has 0 radical (unpaired) electrons. The summed E-state index contributed by atoms with van der Waals surface area (Å²) in [5.41, 5.74) is 8.42. The third-order valence-corrected chi connectivity index (χ3v) is 6.39. The highest BCUT2D eigenvalue weighted by molar-refractivity contribution is 5.77. The van der Waals surface area contributed by atoms with Crippen molar-refractivity contribution in [2.24, 2.45) is 10.7 Å². The maximum absolute atomic E-state index is 15.3. The first kappa shape index (κ1) is 20.7. The van der Waals surface area contributed by atoms with Gasteiger partial charge in [0.15, 0.2) is 5.75 Å². The molecule has 3 aliphatic heterocycles. The summed E-state index contributed by atoms with van der Waals surface area (Å²) in [6, 6.07) is 10.3. The topological polar surface area (TPSA) is 91.9 Å². The van der Waals surface area contributed by atoms with Crippen molar-refractivity contribution in [3.05, 3.63) is 77.4 Å². The number of benzene rings is 1. The number of ether oxygens (including phenoxy) is 3. The minimum atomic E-state index is -1.08. The van der Waals surface area contributed by atoms with Crippen LogP contribution in [0.3, 0.4) is 0 Å². The number of aliphatic imine (C=N–C) groups is 1. The molecule has 0 amide bonds. The fourth-order valence-corrected chi connectivity index (χ4v) is 4.77. The number of halogens is 2. The van der Waals surface area contributed by atoms with Crippen LogP contribution in [0.15, 0.2) is 53.7 Å². The lowest BCUT2D eigenvalue weighted by Gasteiger charge is -2.39. The number of fused-ring (bicyclic) bond motifs is 4. The van der Waals surface area contributed by atoms with Crippen LogP contribution < -0.4 is 10.5 Å². The molecule has 0 bridgehead atoms. The molecular formula is C25H20F2N4O3. The molecule has 34 heavy (non-hydrogen) atoms. The van der Waals surface area contributed by atoms with Gasteiger partial charge in [-0.1, -0.05) is 12.1 Å². The summed E-state index contributed by atoms with van der Waals surface area (Å²) >= 11 is 0. The van der Waals surface area contributed by atoms with Crippen LogP contribution in [-0.4, -0.2) is 35.8 Å². The lowest BCUT2D eigenvalue weighted by atomic mass is 9.77. The van der Waals surface area contributed by atoms with Crippen molar-refractivity contribution in [1.29, 1.82) is 0 Å². The second-order valence-corrected chi connectivity index (χ2v) is 8.29. The summed E-state index contributed by atoms with van der Waals surface area (Å²) in [4.78, 5) is 12.6. The van der Waals surface area contributed by atoms with Gasteiger partial charge < -0.3 is 19.9 Å². The van der Waals surface area contributed by atoms with Gasteiger partial charge in [0.25, 0.3) is 12.0 Å². The number of aromatic nitrogens is 2. The number of nitrogens with zero attached hydrogens (tertiary/aromatic N) is 3. The Morgan fingerprint density at radius 3 is 2.74 bits per heavy atom. The van der Waals surface area contributed by atoms with E-state index < -0.39 is 17.4 Å². The van der Waals surface area contributed by atoms with Gasteiger partial charge in [0.2, 0.25) is 5.95 Å². The number of nitrogens with two attached hydrogens (primary N) is 1. The first-order chi connectivity index (χ1) is 16.5. The van der Waals surface area contributed by atoms with Crippen LogP contribution in [0.5, 0.6) is 11.5 Å². The highest BCUT2D eigenvalue weighted by Crippen LogP contribution is 2.53. The maximum Gasteiger partial charge on any atom is 0.283 e. The lowest BCUT2D eigenvalue weighted by molar-refractivity contribution is 0.161. The molecule has 1 spiro atoms. The van der Waals surface area contributed by atoms with Crippen LogP contribution in [0, 0.1) is 11.9 Å². The second-order valence-electron chi connectivity index (χ2n) is 8.29. The van der Waals surface area contributed by atoms with E-state index in [0.717, 1.165) is 5.57 Å². The Morgan fingerprint density at radius 1 is 1.03 bits per heavy atom. The van der Waals surface area contributed by atoms with Gasteiger partial charge in [0, 0.05) is 29.3 Å². The Kier molecular flexibility index (Phi) is 4.80. The van der Waals surface area contributed by atoms with Gasteiger partial charge in [0.1, 0.15) is 11.3 Å². The Morgan fingerprint density at radius 2 is 1.94 bits per heavy atom. The zero-order valence-electron chi connectivity index (χ0n) is 18.1. The van der Waals surface area contributed by atoms with E-state index in [0.29, 0.717) is 59.8 Å². The second kappa shape index (κ2) is 7.88. The predicted molar refractivity (Wildman–Crippen MR) is 120 cm³/mol. The highest BCUT2D eigenvalue weighted by Gasteiger charge is 2.46. The zero-order chi connectivity index (χ0) is 23.3. The summed E-state index contributed by atoms with van der Waals surface area (Å²) in [6.45, 7) is 1.25.